The van der Waals surface area contributed by atoms with Gasteiger partial charge in [0.2, 0.25) is 5.91 Å². The van der Waals surface area contributed by atoms with E-state index in [0.29, 0.717) is 28.0 Å². The first-order chi connectivity index (χ1) is 15.7. The first-order valence-electron chi connectivity index (χ1n) is 9.96. The highest BCUT2D eigenvalue weighted by Crippen LogP contribution is 2.28. The number of nitrogens with zero attached hydrogens (tertiary/aromatic N) is 3. The minimum atomic E-state index is -0.955. The van der Waals surface area contributed by atoms with Crippen LogP contribution in [0.5, 0.6) is 5.75 Å². The van der Waals surface area contributed by atoms with Gasteiger partial charge in [0, 0.05) is 17.4 Å². The van der Waals surface area contributed by atoms with Crippen molar-refractivity contribution in [1.82, 2.24) is 14.8 Å². The molecule has 0 saturated heterocycles. The molecule has 7 nitrogen and oxygen atoms in total. The van der Waals surface area contributed by atoms with Gasteiger partial charge in [-0.3, -0.25) is 9.36 Å². The summed E-state index contributed by atoms with van der Waals surface area (Å²) in [4.78, 5) is 12.5. The number of rotatable bonds is 8. The third kappa shape index (κ3) is 4.99. The Labute approximate surface area is 190 Å². The average Bonchev–Trinajstić information content (AvgIpc) is 3.27. The molecule has 1 amide bonds. The summed E-state index contributed by atoms with van der Waals surface area (Å²) < 4.78 is 6.97. The molecule has 0 fully saturated rings. The molecule has 0 aliphatic carbocycles. The van der Waals surface area contributed by atoms with E-state index in [1.54, 1.807) is 23.8 Å². The lowest BCUT2D eigenvalue weighted by atomic mass is 10.1. The van der Waals surface area contributed by atoms with Crippen LogP contribution in [0.15, 0.2) is 90.1 Å². The van der Waals surface area contributed by atoms with Gasteiger partial charge in [-0.25, -0.2) is 0 Å². The fourth-order valence-corrected chi connectivity index (χ4v) is 3.94. The van der Waals surface area contributed by atoms with Gasteiger partial charge in [0.15, 0.2) is 11.0 Å². The Kier molecular flexibility index (Phi) is 6.84. The molecular weight excluding hydrogens is 424 g/mol. The van der Waals surface area contributed by atoms with Crippen molar-refractivity contribution in [3.63, 3.8) is 0 Å². The molecule has 162 valence electrons. The number of thioether (sulfide) groups is 1. The Morgan fingerprint density at radius 2 is 1.75 bits per heavy atom. The summed E-state index contributed by atoms with van der Waals surface area (Å²) in [5, 5.41) is 22.8. The van der Waals surface area contributed by atoms with Crippen molar-refractivity contribution < 1.29 is 14.6 Å². The molecule has 8 heteroatoms. The lowest BCUT2D eigenvalue weighted by molar-refractivity contribution is -0.113. The van der Waals surface area contributed by atoms with E-state index >= 15 is 0 Å². The second-order valence-electron chi connectivity index (χ2n) is 6.89. The van der Waals surface area contributed by atoms with Crippen LogP contribution in [-0.4, -0.2) is 38.6 Å². The third-order valence-electron chi connectivity index (χ3n) is 4.72. The van der Waals surface area contributed by atoms with Crippen LogP contribution in [0.1, 0.15) is 17.5 Å². The van der Waals surface area contributed by atoms with Gasteiger partial charge in [0.25, 0.3) is 0 Å². The molecule has 4 rings (SSSR count). The number of aromatic nitrogens is 3. The number of para-hydroxylation sites is 1. The Morgan fingerprint density at radius 3 is 2.47 bits per heavy atom. The van der Waals surface area contributed by atoms with E-state index in [4.69, 9.17) is 4.74 Å². The molecule has 2 N–H and O–H groups in total. The number of benzene rings is 3. The second-order valence-corrected chi connectivity index (χ2v) is 7.84. The number of ether oxygens (including phenoxy) is 1. The molecule has 1 heterocycles. The van der Waals surface area contributed by atoms with Crippen molar-refractivity contribution in [2.45, 2.75) is 11.3 Å². The van der Waals surface area contributed by atoms with Crippen LogP contribution in [-0.2, 0) is 4.79 Å². The van der Waals surface area contributed by atoms with E-state index in [0.717, 1.165) is 5.69 Å². The smallest absolute Gasteiger partial charge is 0.234 e. The maximum atomic E-state index is 12.5. The molecular formula is C24H22N4O3S. The monoisotopic (exact) mass is 446 g/mol. The first kappa shape index (κ1) is 21.6. The highest BCUT2D eigenvalue weighted by Gasteiger charge is 2.22. The lowest BCUT2D eigenvalue weighted by Gasteiger charge is -2.14. The van der Waals surface area contributed by atoms with Gasteiger partial charge < -0.3 is 15.2 Å². The number of hydrogen-bond acceptors (Lipinski definition) is 6. The van der Waals surface area contributed by atoms with E-state index in [1.807, 2.05) is 72.8 Å². The quantitative estimate of drug-likeness (QED) is 0.396. The van der Waals surface area contributed by atoms with E-state index in [1.165, 1.54) is 11.8 Å². The number of aliphatic hydroxyl groups is 1. The normalized spacial score (nSPS) is 11.7. The van der Waals surface area contributed by atoms with Crippen LogP contribution in [0.3, 0.4) is 0 Å². The van der Waals surface area contributed by atoms with Crippen LogP contribution in [0, 0.1) is 0 Å². The maximum Gasteiger partial charge on any atom is 0.234 e. The Bertz CT molecular complexity index is 1180. The van der Waals surface area contributed by atoms with Crippen LogP contribution < -0.4 is 10.1 Å². The highest BCUT2D eigenvalue weighted by atomic mass is 32.2. The van der Waals surface area contributed by atoms with Crippen molar-refractivity contribution in [2.24, 2.45) is 0 Å². The van der Waals surface area contributed by atoms with Crippen LogP contribution in [0.2, 0.25) is 0 Å². The predicted molar refractivity (Wildman–Crippen MR) is 124 cm³/mol. The van der Waals surface area contributed by atoms with E-state index in [9.17, 15) is 9.90 Å². The summed E-state index contributed by atoms with van der Waals surface area (Å²) >= 11 is 1.25. The molecule has 1 atom stereocenters. The number of nitrogens with one attached hydrogen (secondary N) is 1. The minimum Gasteiger partial charge on any atom is -0.497 e. The minimum absolute atomic E-state index is 0.129. The predicted octanol–water partition coefficient (Wildman–Crippen LogP) is 4.09. The molecule has 0 aliphatic heterocycles. The zero-order valence-corrected chi connectivity index (χ0v) is 18.2. The highest BCUT2D eigenvalue weighted by molar-refractivity contribution is 7.99. The second kappa shape index (κ2) is 10.1. The summed E-state index contributed by atoms with van der Waals surface area (Å²) in [6.45, 7) is 0. The summed E-state index contributed by atoms with van der Waals surface area (Å²) in [6.07, 6.45) is -0.955. The molecule has 4 aromatic rings. The summed E-state index contributed by atoms with van der Waals surface area (Å²) in [6, 6.07) is 26.0. The average molecular weight is 447 g/mol. The van der Waals surface area contributed by atoms with Gasteiger partial charge >= 0.3 is 0 Å². The van der Waals surface area contributed by atoms with Gasteiger partial charge in [0.1, 0.15) is 11.9 Å². The first-order valence-corrected chi connectivity index (χ1v) is 10.9. The van der Waals surface area contributed by atoms with Crippen LogP contribution in [0.25, 0.3) is 5.69 Å². The molecule has 0 saturated carbocycles. The summed E-state index contributed by atoms with van der Waals surface area (Å²) in [5.74, 6) is 0.997. The summed E-state index contributed by atoms with van der Waals surface area (Å²) in [5.41, 5.74) is 2.17. The van der Waals surface area contributed by atoms with E-state index in [2.05, 4.69) is 15.5 Å². The Balaban J connectivity index is 1.56. The molecule has 32 heavy (non-hydrogen) atoms. The number of methoxy groups -OCH3 is 1. The van der Waals surface area contributed by atoms with Crippen molar-refractivity contribution >= 4 is 23.4 Å². The lowest BCUT2D eigenvalue weighted by Crippen LogP contribution is -2.15. The zero-order valence-electron chi connectivity index (χ0n) is 17.4. The van der Waals surface area contributed by atoms with Gasteiger partial charge in [-0.15, -0.1) is 10.2 Å². The number of carbonyl (C=O) groups excluding carboxylic acids is 1. The number of hydrogen-bond donors (Lipinski definition) is 2. The van der Waals surface area contributed by atoms with Crippen molar-refractivity contribution in [3.8, 4) is 11.4 Å². The molecule has 3 aromatic carbocycles. The SMILES string of the molecule is COc1cccc(NC(=O)CSc2nnc([C@H](O)c3ccccc3)n2-c2ccccc2)c1. The largest absolute Gasteiger partial charge is 0.497 e. The van der Waals surface area contributed by atoms with Crippen molar-refractivity contribution in [1.29, 1.82) is 0 Å². The Hall–Kier alpha value is -3.62. The molecule has 0 spiro atoms. The molecule has 1 aromatic heterocycles. The molecule has 0 unspecified atom stereocenters. The number of anilines is 1. The maximum absolute atomic E-state index is 12.5. The van der Waals surface area contributed by atoms with Crippen LogP contribution >= 0.6 is 11.8 Å². The van der Waals surface area contributed by atoms with Crippen molar-refractivity contribution in [2.75, 3.05) is 18.2 Å². The zero-order chi connectivity index (χ0) is 22.3. The fraction of sp³-hybridized carbons (Fsp3) is 0.125. The van der Waals surface area contributed by atoms with Gasteiger partial charge in [-0.2, -0.15) is 0 Å². The molecule has 0 bridgehead atoms. The van der Waals surface area contributed by atoms with E-state index < -0.39 is 6.10 Å². The van der Waals surface area contributed by atoms with Crippen LogP contribution in [0.4, 0.5) is 5.69 Å². The molecule has 0 aliphatic rings. The molecule has 0 radical (unpaired) electrons. The Morgan fingerprint density at radius 1 is 1.03 bits per heavy atom. The van der Waals surface area contributed by atoms with Crippen molar-refractivity contribution in [3.05, 3.63) is 96.3 Å². The summed E-state index contributed by atoms with van der Waals surface area (Å²) in [7, 11) is 1.58. The topological polar surface area (TPSA) is 89.3 Å². The van der Waals surface area contributed by atoms with Gasteiger partial charge in [-0.05, 0) is 29.8 Å². The number of aliphatic hydroxyl groups excluding tert-OH is 1. The number of amides is 1. The fourth-order valence-electron chi connectivity index (χ4n) is 3.18. The van der Waals surface area contributed by atoms with Gasteiger partial charge in [0.05, 0.1) is 12.9 Å². The third-order valence-corrected chi connectivity index (χ3v) is 5.65. The number of carbonyl (C=O) groups is 1. The van der Waals surface area contributed by atoms with Gasteiger partial charge in [-0.1, -0.05) is 66.4 Å². The van der Waals surface area contributed by atoms with E-state index in [-0.39, 0.29) is 11.7 Å². The standard InChI is InChI=1S/C24H22N4O3S/c1-31-20-14-8-11-18(15-20)25-21(29)16-32-24-27-26-23(22(30)17-9-4-2-5-10-17)28(24)19-12-6-3-7-13-19/h2-15,22,30H,16H2,1H3,(H,25,29)/t22-/m1/s1.